The van der Waals surface area contributed by atoms with Crippen LogP contribution in [0.2, 0.25) is 0 Å². The lowest BCUT2D eigenvalue weighted by molar-refractivity contribution is 0.102. The van der Waals surface area contributed by atoms with Crippen molar-refractivity contribution in [3.05, 3.63) is 58.9 Å². The highest BCUT2D eigenvalue weighted by atomic mass is 19.1. The summed E-state index contributed by atoms with van der Waals surface area (Å²) in [5, 5.41) is 2.70. The van der Waals surface area contributed by atoms with Crippen LogP contribution in [0.5, 0.6) is 5.75 Å². The summed E-state index contributed by atoms with van der Waals surface area (Å²) in [4.78, 5) is 12.2. The van der Waals surface area contributed by atoms with Crippen molar-refractivity contribution >= 4 is 11.6 Å². The van der Waals surface area contributed by atoms with E-state index in [-0.39, 0.29) is 11.7 Å². The van der Waals surface area contributed by atoms with Gasteiger partial charge in [0.1, 0.15) is 11.6 Å². The van der Waals surface area contributed by atoms with Gasteiger partial charge in [0, 0.05) is 11.3 Å². The van der Waals surface area contributed by atoms with Crippen LogP contribution in [-0.4, -0.2) is 13.0 Å². The molecular weight excluding hydrogens is 257 g/mol. The van der Waals surface area contributed by atoms with Gasteiger partial charge in [0.25, 0.3) is 5.91 Å². The molecule has 0 aliphatic carbocycles. The van der Waals surface area contributed by atoms with Crippen LogP contribution in [0.25, 0.3) is 0 Å². The third-order valence-electron chi connectivity index (χ3n) is 3.12. The molecule has 3 nitrogen and oxygen atoms in total. The Morgan fingerprint density at radius 3 is 2.50 bits per heavy atom. The van der Waals surface area contributed by atoms with E-state index in [2.05, 4.69) is 5.32 Å². The second-order valence-corrected chi connectivity index (χ2v) is 4.60. The molecule has 0 fully saturated rings. The zero-order valence-electron chi connectivity index (χ0n) is 11.7. The molecule has 0 atom stereocenters. The number of nitrogens with one attached hydrogen (secondary N) is 1. The standard InChI is InChI=1S/C16H16FNO2/c1-10-5-7-13(17)9-14(10)18-16(19)12-6-4-11(2)15(8-12)20-3/h4-9H,1-3H3,(H,18,19). The topological polar surface area (TPSA) is 38.3 Å². The number of hydrogen-bond acceptors (Lipinski definition) is 2. The average molecular weight is 273 g/mol. The predicted molar refractivity (Wildman–Crippen MR) is 76.8 cm³/mol. The van der Waals surface area contributed by atoms with Gasteiger partial charge in [-0.3, -0.25) is 4.79 Å². The van der Waals surface area contributed by atoms with Crippen molar-refractivity contribution in [2.75, 3.05) is 12.4 Å². The van der Waals surface area contributed by atoms with Gasteiger partial charge < -0.3 is 10.1 Å². The molecule has 2 aromatic rings. The minimum absolute atomic E-state index is 0.294. The second-order valence-electron chi connectivity index (χ2n) is 4.60. The first-order chi connectivity index (χ1) is 9.51. The van der Waals surface area contributed by atoms with Gasteiger partial charge in [-0.2, -0.15) is 0 Å². The van der Waals surface area contributed by atoms with Gasteiger partial charge in [0.05, 0.1) is 7.11 Å². The maximum atomic E-state index is 13.2. The molecular formula is C16H16FNO2. The zero-order valence-corrected chi connectivity index (χ0v) is 11.7. The molecule has 1 N–H and O–H groups in total. The Labute approximate surface area is 117 Å². The molecule has 0 radical (unpaired) electrons. The molecule has 4 heteroatoms. The van der Waals surface area contributed by atoms with Gasteiger partial charge in [-0.05, 0) is 49.2 Å². The Morgan fingerprint density at radius 2 is 1.80 bits per heavy atom. The molecule has 104 valence electrons. The summed E-state index contributed by atoms with van der Waals surface area (Å²) in [6, 6.07) is 9.48. The van der Waals surface area contributed by atoms with Crippen molar-refractivity contribution < 1.29 is 13.9 Å². The van der Waals surface area contributed by atoms with Crippen LogP contribution in [0.3, 0.4) is 0 Å². The van der Waals surface area contributed by atoms with Crippen LogP contribution in [0, 0.1) is 19.7 Å². The lowest BCUT2D eigenvalue weighted by atomic mass is 10.1. The SMILES string of the molecule is COc1cc(C(=O)Nc2cc(F)ccc2C)ccc1C. The molecule has 0 unspecified atom stereocenters. The average Bonchev–Trinajstić information content (AvgIpc) is 2.43. The van der Waals surface area contributed by atoms with E-state index in [1.807, 2.05) is 19.9 Å². The van der Waals surface area contributed by atoms with E-state index < -0.39 is 0 Å². The Bertz CT molecular complexity index is 653. The van der Waals surface area contributed by atoms with Crippen LogP contribution in [-0.2, 0) is 0 Å². The van der Waals surface area contributed by atoms with Gasteiger partial charge in [0.2, 0.25) is 0 Å². The first kappa shape index (κ1) is 14.1. The number of halogens is 1. The number of hydrogen-bond donors (Lipinski definition) is 1. The van der Waals surface area contributed by atoms with Gasteiger partial charge in [-0.25, -0.2) is 4.39 Å². The van der Waals surface area contributed by atoms with E-state index in [1.165, 1.54) is 12.1 Å². The minimum atomic E-state index is -0.382. The Kier molecular flexibility index (Phi) is 4.03. The van der Waals surface area contributed by atoms with Crippen LogP contribution < -0.4 is 10.1 Å². The molecule has 0 aromatic heterocycles. The summed E-state index contributed by atoms with van der Waals surface area (Å²) in [6.45, 7) is 3.71. The molecule has 0 aliphatic heterocycles. The maximum absolute atomic E-state index is 13.2. The summed E-state index contributed by atoms with van der Waals surface area (Å²) < 4.78 is 18.4. The van der Waals surface area contributed by atoms with Crippen molar-refractivity contribution in [2.24, 2.45) is 0 Å². The fourth-order valence-corrected chi connectivity index (χ4v) is 1.88. The number of anilines is 1. The number of rotatable bonds is 3. The van der Waals surface area contributed by atoms with E-state index in [0.717, 1.165) is 11.1 Å². The molecule has 0 bridgehead atoms. The van der Waals surface area contributed by atoms with Gasteiger partial charge >= 0.3 is 0 Å². The highest BCUT2D eigenvalue weighted by Crippen LogP contribution is 2.21. The normalized spacial score (nSPS) is 10.2. The third-order valence-corrected chi connectivity index (χ3v) is 3.12. The van der Waals surface area contributed by atoms with E-state index in [1.54, 1.807) is 25.3 Å². The van der Waals surface area contributed by atoms with Crippen molar-refractivity contribution in [1.29, 1.82) is 0 Å². The number of carbonyl (C=O) groups is 1. The van der Waals surface area contributed by atoms with Gasteiger partial charge in [-0.1, -0.05) is 12.1 Å². The molecule has 2 rings (SSSR count). The maximum Gasteiger partial charge on any atom is 0.255 e. The lowest BCUT2D eigenvalue weighted by Gasteiger charge is -2.10. The smallest absolute Gasteiger partial charge is 0.255 e. The molecule has 0 aliphatic rings. The summed E-state index contributed by atoms with van der Waals surface area (Å²) >= 11 is 0. The van der Waals surface area contributed by atoms with Gasteiger partial charge in [0.15, 0.2) is 0 Å². The van der Waals surface area contributed by atoms with Crippen molar-refractivity contribution in [2.45, 2.75) is 13.8 Å². The molecule has 2 aromatic carbocycles. The van der Waals surface area contributed by atoms with Crippen LogP contribution in [0.4, 0.5) is 10.1 Å². The minimum Gasteiger partial charge on any atom is -0.496 e. The second kappa shape index (κ2) is 5.74. The highest BCUT2D eigenvalue weighted by Gasteiger charge is 2.10. The molecule has 0 saturated heterocycles. The number of carbonyl (C=O) groups excluding carboxylic acids is 1. The first-order valence-corrected chi connectivity index (χ1v) is 6.23. The number of ether oxygens (including phenoxy) is 1. The zero-order chi connectivity index (χ0) is 14.7. The Hall–Kier alpha value is -2.36. The van der Waals surface area contributed by atoms with Crippen molar-refractivity contribution in [3.8, 4) is 5.75 Å². The van der Waals surface area contributed by atoms with Gasteiger partial charge in [-0.15, -0.1) is 0 Å². The first-order valence-electron chi connectivity index (χ1n) is 6.23. The van der Waals surface area contributed by atoms with Crippen molar-refractivity contribution in [3.63, 3.8) is 0 Å². The third kappa shape index (κ3) is 2.96. The van der Waals surface area contributed by atoms with Crippen LogP contribution in [0.15, 0.2) is 36.4 Å². The van der Waals surface area contributed by atoms with Crippen LogP contribution >= 0.6 is 0 Å². The van der Waals surface area contributed by atoms with Crippen molar-refractivity contribution in [1.82, 2.24) is 0 Å². The number of methoxy groups -OCH3 is 1. The Balaban J connectivity index is 2.26. The van der Waals surface area contributed by atoms with E-state index >= 15 is 0 Å². The summed E-state index contributed by atoms with van der Waals surface area (Å²) in [5.41, 5.74) is 2.69. The fourth-order valence-electron chi connectivity index (χ4n) is 1.88. The lowest BCUT2D eigenvalue weighted by Crippen LogP contribution is -2.13. The molecule has 0 heterocycles. The van der Waals surface area contributed by atoms with Crippen LogP contribution in [0.1, 0.15) is 21.5 Å². The summed E-state index contributed by atoms with van der Waals surface area (Å²) in [5.74, 6) is -0.0296. The fraction of sp³-hybridized carbons (Fsp3) is 0.188. The van der Waals surface area contributed by atoms with E-state index in [9.17, 15) is 9.18 Å². The molecule has 0 saturated carbocycles. The Morgan fingerprint density at radius 1 is 1.10 bits per heavy atom. The number of benzene rings is 2. The molecule has 1 amide bonds. The quantitative estimate of drug-likeness (QED) is 0.926. The van der Waals surface area contributed by atoms with E-state index in [0.29, 0.717) is 17.0 Å². The highest BCUT2D eigenvalue weighted by molar-refractivity contribution is 6.04. The predicted octanol–water partition coefficient (Wildman–Crippen LogP) is 3.70. The summed E-state index contributed by atoms with van der Waals surface area (Å²) in [6.07, 6.45) is 0. The molecule has 20 heavy (non-hydrogen) atoms. The number of aryl methyl sites for hydroxylation is 2. The molecule has 0 spiro atoms. The number of amides is 1. The van der Waals surface area contributed by atoms with E-state index in [4.69, 9.17) is 4.74 Å². The largest absolute Gasteiger partial charge is 0.496 e. The summed E-state index contributed by atoms with van der Waals surface area (Å²) in [7, 11) is 1.56. The monoisotopic (exact) mass is 273 g/mol.